The minimum Gasteiger partial charge on any atom is -0.497 e. The average molecular weight is 275 g/mol. The molecule has 20 heavy (non-hydrogen) atoms. The standard InChI is InChI=1S/C15H21N3O2/c1-4-18-8-7-17-15(18)10-13(16)12-9-11(19-2)5-6-14(12)20-3/h5-9,13H,4,10,16H2,1-3H3. The smallest absolute Gasteiger partial charge is 0.123 e. The third kappa shape index (κ3) is 2.93. The van der Waals surface area contributed by atoms with E-state index in [0.29, 0.717) is 6.42 Å². The lowest BCUT2D eigenvalue weighted by Gasteiger charge is -2.17. The van der Waals surface area contributed by atoms with Gasteiger partial charge in [-0.3, -0.25) is 0 Å². The molecule has 0 saturated carbocycles. The zero-order valence-corrected chi connectivity index (χ0v) is 12.2. The van der Waals surface area contributed by atoms with E-state index in [0.717, 1.165) is 29.4 Å². The summed E-state index contributed by atoms with van der Waals surface area (Å²) >= 11 is 0. The lowest BCUT2D eigenvalue weighted by Crippen LogP contribution is -2.17. The summed E-state index contributed by atoms with van der Waals surface area (Å²) in [6, 6.07) is 5.47. The van der Waals surface area contributed by atoms with Gasteiger partial charge in [-0.25, -0.2) is 4.98 Å². The van der Waals surface area contributed by atoms with Crippen LogP contribution in [-0.4, -0.2) is 23.8 Å². The van der Waals surface area contributed by atoms with Crippen LogP contribution in [0.1, 0.15) is 24.4 Å². The minimum absolute atomic E-state index is 0.187. The molecular weight excluding hydrogens is 254 g/mol. The van der Waals surface area contributed by atoms with Gasteiger partial charge in [-0.1, -0.05) is 0 Å². The number of methoxy groups -OCH3 is 2. The van der Waals surface area contributed by atoms with E-state index < -0.39 is 0 Å². The highest BCUT2D eigenvalue weighted by molar-refractivity contribution is 5.42. The van der Waals surface area contributed by atoms with Crippen LogP contribution in [0.15, 0.2) is 30.6 Å². The number of aryl methyl sites for hydroxylation is 1. The maximum atomic E-state index is 6.32. The van der Waals surface area contributed by atoms with Gasteiger partial charge in [-0.15, -0.1) is 0 Å². The Morgan fingerprint density at radius 1 is 1.30 bits per heavy atom. The Hall–Kier alpha value is -2.01. The largest absolute Gasteiger partial charge is 0.497 e. The second kappa shape index (κ2) is 6.43. The van der Waals surface area contributed by atoms with Crippen molar-refractivity contribution in [1.29, 1.82) is 0 Å². The van der Waals surface area contributed by atoms with Crippen molar-refractivity contribution in [2.45, 2.75) is 25.9 Å². The van der Waals surface area contributed by atoms with Gasteiger partial charge < -0.3 is 19.8 Å². The molecule has 0 radical (unpaired) electrons. The van der Waals surface area contributed by atoms with Crippen LogP contribution in [0.5, 0.6) is 11.5 Å². The highest BCUT2D eigenvalue weighted by Gasteiger charge is 2.16. The van der Waals surface area contributed by atoms with Crippen LogP contribution in [-0.2, 0) is 13.0 Å². The van der Waals surface area contributed by atoms with E-state index in [4.69, 9.17) is 15.2 Å². The van der Waals surface area contributed by atoms with Crippen molar-refractivity contribution in [3.8, 4) is 11.5 Å². The third-order valence-electron chi connectivity index (χ3n) is 3.38. The van der Waals surface area contributed by atoms with Crippen LogP contribution in [0.3, 0.4) is 0 Å². The van der Waals surface area contributed by atoms with Gasteiger partial charge in [0.05, 0.1) is 14.2 Å². The molecule has 0 fully saturated rings. The minimum atomic E-state index is -0.187. The summed E-state index contributed by atoms with van der Waals surface area (Å²) in [7, 11) is 3.28. The fourth-order valence-electron chi connectivity index (χ4n) is 2.25. The summed E-state index contributed by atoms with van der Waals surface area (Å²) in [5, 5.41) is 0. The summed E-state index contributed by atoms with van der Waals surface area (Å²) in [6.45, 7) is 2.97. The molecule has 1 aromatic heterocycles. The monoisotopic (exact) mass is 275 g/mol. The first-order valence-electron chi connectivity index (χ1n) is 6.67. The van der Waals surface area contributed by atoms with Crippen molar-refractivity contribution in [3.05, 3.63) is 42.0 Å². The number of nitrogens with two attached hydrogens (primary N) is 1. The molecule has 2 aromatic rings. The van der Waals surface area contributed by atoms with Crippen LogP contribution in [0.2, 0.25) is 0 Å². The third-order valence-corrected chi connectivity index (χ3v) is 3.38. The van der Waals surface area contributed by atoms with Crippen molar-refractivity contribution in [3.63, 3.8) is 0 Å². The van der Waals surface area contributed by atoms with Crippen molar-refractivity contribution in [1.82, 2.24) is 9.55 Å². The van der Waals surface area contributed by atoms with Crippen molar-refractivity contribution in [2.75, 3.05) is 14.2 Å². The van der Waals surface area contributed by atoms with Crippen molar-refractivity contribution in [2.24, 2.45) is 5.73 Å². The first kappa shape index (κ1) is 14.4. The number of imidazole rings is 1. The number of nitrogens with zero attached hydrogens (tertiary/aromatic N) is 2. The second-order valence-corrected chi connectivity index (χ2v) is 4.55. The van der Waals surface area contributed by atoms with E-state index in [1.165, 1.54) is 0 Å². The first-order valence-corrected chi connectivity index (χ1v) is 6.67. The van der Waals surface area contributed by atoms with Crippen LogP contribution < -0.4 is 15.2 Å². The topological polar surface area (TPSA) is 62.3 Å². The molecule has 1 aromatic carbocycles. The quantitative estimate of drug-likeness (QED) is 0.877. The molecule has 0 bridgehead atoms. The molecule has 1 unspecified atom stereocenters. The van der Waals surface area contributed by atoms with Crippen LogP contribution in [0, 0.1) is 0 Å². The van der Waals surface area contributed by atoms with Crippen molar-refractivity contribution >= 4 is 0 Å². The Kier molecular flexibility index (Phi) is 4.63. The van der Waals surface area contributed by atoms with E-state index in [1.807, 2.05) is 24.4 Å². The van der Waals surface area contributed by atoms with Crippen molar-refractivity contribution < 1.29 is 9.47 Å². The summed E-state index contributed by atoms with van der Waals surface area (Å²) in [5.74, 6) is 2.52. The first-order chi connectivity index (χ1) is 9.69. The van der Waals surface area contributed by atoms with Gasteiger partial charge in [0.1, 0.15) is 17.3 Å². The highest BCUT2D eigenvalue weighted by atomic mass is 16.5. The van der Waals surface area contributed by atoms with Crippen LogP contribution in [0.4, 0.5) is 0 Å². The molecule has 5 nitrogen and oxygen atoms in total. The van der Waals surface area contributed by atoms with Gasteiger partial charge in [0, 0.05) is 37.0 Å². The van der Waals surface area contributed by atoms with Gasteiger partial charge in [0.2, 0.25) is 0 Å². The predicted octanol–water partition coefficient (Wildman–Crippen LogP) is 2.16. The average Bonchev–Trinajstić information content (AvgIpc) is 2.93. The lowest BCUT2D eigenvalue weighted by atomic mass is 10.0. The number of hydrogen-bond acceptors (Lipinski definition) is 4. The summed E-state index contributed by atoms with van der Waals surface area (Å²) in [4.78, 5) is 4.36. The number of ether oxygens (including phenoxy) is 2. The molecule has 0 aliphatic carbocycles. The summed E-state index contributed by atoms with van der Waals surface area (Å²) in [5.41, 5.74) is 7.25. The number of hydrogen-bond donors (Lipinski definition) is 1. The molecule has 0 aliphatic rings. The Morgan fingerprint density at radius 2 is 2.10 bits per heavy atom. The molecule has 2 rings (SSSR count). The molecule has 1 atom stereocenters. The zero-order chi connectivity index (χ0) is 14.5. The maximum Gasteiger partial charge on any atom is 0.123 e. The molecule has 5 heteroatoms. The van der Waals surface area contributed by atoms with E-state index >= 15 is 0 Å². The fourth-order valence-corrected chi connectivity index (χ4v) is 2.25. The fraction of sp³-hybridized carbons (Fsp3) is 0.400. The number of aromatic nitrogens is 2. The lowest BCUT2D eigenvalue weighted by molar-refractivity contribution is 0.394. The Balaban J connectivity index is 2.26. The molecule has 108 valence electrons. The summed E-state index contributed by atoms with van der Waals surface area (Å²) in [6.07, 6.45) is 4.42. The number of benzene rings is 1. The molecule has 0 aliphatic heterocycles. The van der Waals surface area contributed by atoms with Gasteiger partial charge in [0.25, 0.3) is 0 Å². The normalized spacial score (nSPS) is 12.2. The Labute approximate surface area is 119 Å². The van der Waals surface area contributed by atoms with Gasteiger partial charge in [0.15, 0.2) is 0 Å². The second-order valence-electron chi connectivity index (χ2n) is 4.55. The highest BCUT2D eigenvalue weighted by Crippen LogP contribution is 2.29. The van der Waals surface area contributed by atoms with E-state index in [1.54, 1.807) is 20.4 Å². The SMILES string of the molecule is CCn1ccnc1CC(N)c1cc(OC)ccc1OC. The maximum absolute atomic E-state index is 6.32. The van der Waals surface area contributed by atoms with E-state index in [-0.39, 0.29) is 6.04 Å². The summed E-state index contributed by atoms with van der Waals surface area (Å²) < 4.78 is 12.7. The van der Waals surface area contributed by atoms with Crippen LogP contribution in [0.25, 0.3) is 0 Å². The van der Waals surface area contributed by atoms with Gasteiger partial charge in [-0.05, 0) is 25.1 Å². The molecule has 2 N–H and O–H groups in total. The molecule has 0 spiro atoms. The van der Waals surface area contributed by atoms with Gasteiger partial charge >= 0.3 is 0 Å². The molecular formula is C15H21N3O2. The molecule has 1 heterocycles. The van der Waals surface area contributed by atoms with E-state index in [9.17, 15) is 0 Å². The Morgan fingerprint density at radius 3 is 2.75 bits per heavy atom. The van der Waals surface area contributed by atoms with Gasteiger partial charge in [-0.2, -0.15) is 0 Å². The predicted molar refractivity (Wildman–Crippen MR) is 78.1 cm³/mol. The van der Waals surface area contributed by atoms with E-state index in [2.05, 4.69) is 16.5 Å². The zero-order valence-electron chi connectivity index (χ0n) is 12.2. The number of rotatable bonds is 6. The van der Waals surface area contributed by atoms with Crippen LogP contribution >= 0.6 is 0 Å². The molecule has 0 saturated heterocycles. The molecule has 0 amide bonds. The Bertz CT molecular complexity index is 566.